The lowest BCUT2D eigenvalue weighted by atomic mass is 10.1. The van der Waals surface area contributed by atoms with Crippen LogP contribution >= 0.6 is 12.4 Å². The molecule has 1 aromatic carbocycles. The number of halogens is 3. The fourth-order valence-electron chi connectivity index (χ4n) is 1.07. The van der Waals surface area contributed by atoms with Gasteiger partial charge >= 0.3 is 5.97 Å². The maximum Gasteiger partial charge on any atom is 0.325 e. The molecule has 1 rings (SSSR count). The summed E-state index contributed by atoms with van der Waals surface area (Å²) in [7, 11) is 0. The summed E-state index contributed by atoms with van der Waals surface area (Å²) < 4.78 is 28.3. The standard InChI is InChI=1S/C10H11F2NO3.ClH/c11-8(12)5-16-7-3-1-6(2-4-7)9(13)10(14)15;/h1-4,8-9H,5,13H2,(H,14,15);1H. The maximum absolute atomic E-state index is 11.8. The maximum atomic E-state index is 11.8. The van der Waals surface area contributed by atoms with Gasteiger partial charge < -0.3 is 15.6 Å². The zero-order valence-corrected chi connectivity index (χ0v) is 9.49. The van der Waals surface area contributed by atoms with Crippen molar-refractivity contribution in [2.24, 2.45) is 5.73 Å². The van der Waals surface area contributed by atoms with E-state index in [0.29, 0.717) is 5.56 Å². The van der Waals surface area contributed by atoms with Gasteiger partial charge in [0.1, 0.15) is 18.4 Å². The Kier molecular flexibility index (Phi) is 6.45. The van der Waals surface area contributed by atoms with Crippen LogP contribution in [0.4, 0.5) is 8.78 Å². The molecule has 1 unspecified atom stereocenters. The molecule has 17 heavy (non-hydrogen) atoms. The molecule has 0 aliphatic rings. The first-order valence-corrected chi connectivity index (χ1v) is 4.50. The molecule has 1 atom stereocenters. The number of ether oxygens (including phenoxy) is 1. The van der Waals surface area contributed by atoms with E-state index in [2.05, 4.69) is 0 Å². The van der Waals surface area contributed by atoms with E-state index in [1.165, 1.54) is 24.3 Å². The predicted molar refractivity (Wildman–Crippen MR) is 59.8 cm³/mol. The molecular formula is C10H12ClF2NO3. The zero-order chi connectivity index (χ0) is 12.1. The Morgan fingerprint density at radius 1 is 1.35 bits per heavy atom. The molecule has 7 heteroatoms. The summed E-state index contributed by atoms with van der Waals surface area (Å²) in [5, 5.41) is 8.63. The number of benzene rings is 1. The summed E-state index contributed by atoms with van der Waals surface area (Å²) in [5.74, 6) is -0.900. The largest absolute Gasteiger partial charge is 0.488 e. The highest BCUT2D eigenvalue weighted by Crippen LogP contribution is 2.17. The lowest BCUT2D eigenvalue weighted by Gasteiger charge is -2.08. The van der Waals surface area contributed by atoms with Gasteiger partial charge in [0.05, 0.1) is 0 Å². The number of aliphatic carboxylic acids is 1. The molecule has 0 amide bonds. The Bertz CT molecular complexity index is 359. The second kappa shape index (κ2) is 7.03. The van der Waals surface area contributed by atoms with Crippen LogP contribution in [0.3, 0.4) is 0 Å². The van der Waals surface area contributed by atoms with Gasteiger partial charge in [-0.05, 0) is 17.7 Å². The monoisotopic (exact) mass is 267 g/mol. The molecule has 0 aromatic heterocycles. The molecule has 0 heterocycles. The SMILES string of the molecule is Cl.NC(C(=O)O)c1ccc(OCC(F)F)cc1. The average molecular weight is 268 g/mol. The Morgan fingerprint density at radius 2 is 1.88 bits per heavy atom. The zero-order valence-electron chi connectivity index (χ0n) is 8.68. The number of hydrogen-bond acceptors (Lipinski definition) is 3. The second-order valence-corrected chi connectivity index (χ2v) is 3.09. The Balaban J connectivity index is 0.00000256. The molecule has 0 saturated carbocycles. The van der Waals surface area contributed by atoms with E-state index in [4.69, 9.17) is 15.6 Å². The van der Waals surface area contributed by atoms with Crippen LogP contribution in [0.2, 0.25) is 0 Å². The molecule has 0 saturated heterocycles. The summed E-state index contributed by atoms with van der Waals surface area (Å²) >= 11 is 0. The molecule has 0 radical (unpaired) electrons. The quantitative estimate of drug-likeness (QED) is 0.854. The minimum atomic E-state index is -2.54. The van der Waals surface area contributed by atoms with Crippen molar-refractivity contribution in [2.75, 3.05) is 6.61 Å². The number of nitrogens with two attached hydrogens (primary N) is 1. The average Bonchev–Trinajstić information content (AvgIpc) is 2.26. The van der Waals surface area contributed by atoms with Crippen molar-refractivity contribution in [3.8, 4) is 5.75 Å². The Labute approximate surface area is 103 Å². The van der Waals surface area contributed by atoms with Crippen LogP contribution in [0, 0.1) is 0 Å². The smallest absolute Gasteiger partial charge is 0.325 e. The Morgan fingerprint density at radius 3 is 2.29 bits per heavy atom. The first-order chi connectivity index (χ1) is 7.50. The second-order valence-electron chi connectivity index (χ2n) is 3.09. The minimum absolute atomic E-state index is 0. The van der Waals surface area contributed by atoms with Crippen LogP contribution in [0.5, 0.6) is 5.75 Å². The number of hydrogen-bond donors (Lipinski definition) is 2. The van der Waals surface area contributed by atoms with Gasteiger partial charge in [-0.2, -0.15) is 0 Å². The predicted octanol–water partition coefficient (Wildman–Crippen LogP) is 1.84. The molecule has 1 aromatic rings. The number of rotatable bonds is 5. The van der Waals surface area contributed by atoms with Crippen LogP contribution in [0.25, 0.3) is 0 Å². The van der Waals surface area contributed by atoms with Crippen molar-refractivity contribution in [3.05, 3.63) is 29.8 Å². The highest BCUT2D eigenvalue weighted by molar-refractivity contribution is 5.85. The van der Waals surface area contributed by atoms with Crippen LogP contribution < -0.4 is 10.5 Å². The fourth-order valence-corrected chi connectivity index (χ4v) is 1.07. The number of alkyl halides is 2. The summed E-state index contributed by atoms with van der Waals surface area (Å²) in [6, 6.07) is 4.55. The van der Waals surface area contributed by atoms with Crippen LogP contribution in [-0.2, 0) is 4.79 Å². The number of carbonyl (C=O) groups is 1. The van der Waals surface area contributed by atoms with Crippen molar-refractivity contribution >= 4 is 18.4 Å². The van der Waals surface area contributed by atoms with Crippen LogP contribution in [0.1, 0.15) is 11.6 Å². The normalized spacial score (nSPS) is 11.8. The third-order valence-electron chi connectivity index (χ3n) is 1.88. The number of carboxylic acid groups (broad SMARTS) is 1. The first-order valence-electron chi connectivity index (χ1n) is 4.50. The van der Waals surface area contributed by atoms with E-state index < -0.39 is 25.0 Å². The van der Waals surface area contributed by atoms with Crippen LogP contribution in [-0.4, -0.2) is 24.1 Å². The number of carboxylic acids is 1. The van der Waals surface area contributed by atoms with E-state index in [1.807, 2.05) is 0 Å². The summed E-state index contributed by atoms with van der Waals surface area (Å²) in [4.78, 5) is 10.5. The van der Waals surface area contributed by atoms with Gasteiger partial charge in [-0.1, -0.05) is 12.1 Å². The van der Waals surface area contributed by atoms with Gasteiger partial charge in [0.15, 0.2) is 0 Å². The van der Waals surface area contributed by atoms with Crippen molar-refractivity contribution < 1.29 is 23.4 Å². The molecule has 0 bridgehead atoms. The summed E-state index contributed by atoms with van der Waals surface area (Å²) in [6.07, 6.45) is -2.54. The van der Waals surface area contributed by atoms with E-state index in [1.54, 1.807) is 0 Å². The van der Waals surface area contributed by atoms with E-state index in [-0.39, 0.29) is 18.2 Å². The van der Waals surface area contributed by atoms with Gasteiger partial charge in [0.25, 0.3) is 6.43 Å². The van der Waals surface area contributed by atoms with Gasteiger partial charge in [0.2, 0.25) is 0 Å². The molecule has 0 fully saturated rings. The lowest BCUT2D eigenvalue weighted by molar-refractivity contribution is -0.138. The van der Waals surface area contributed by atoms with Crippen molar-refractivity contribution in [3.63, 3.8) is 0 Å². The van der Waals surface area contributed by atoms with E-state index >= 15 is 0 Å². The summed E-state index contributed by atoms with van der Waals surface area (Å²) in [6.45, 7) is -0.690. The van der Waals surface area contributed by atoms with Gasteiger partial charge in [-0.3, -0.25) is 4.79 Å². The first kappa shape index (κ1) is 15.6. The van der Waals surface area contributed by atoms with E-state index in [9.17, 15) is 13.6 Å². The lowest BCUT2D eigenvalue weighted by Crippen LogP contribution is -2.20. The highest BCUT2D eigenvalue weighted by Gasteiger charge is 2.13. The molecule has 0 spiro atoms. The van der Waals surface area contributed by atoms with Crippen LogP contribution in [0.15, 0.2) is 24.3 Å². The molecular weight excluding hydrogens is 256 g/mol. The third-order valence-corrected chi connectivity index (χ3v) is 1.88. The van der Waals surface area contributed by atoms with Gasteiger partial charge in [-0.25, -0.2) is 8.78 Å². The van der Waals surface area contributed by atoms with Crippen molar-refractivity contribution in [2.45, 2.75) is 12.5 Å². The molecule has 0 aliphatic heterocycles. The highest BCUT2D eigenvalue weighted by atomic mass is 35.5. The third kappa shape index (κ3) is 4.97. The van der Waals surface area contributed by atoms with Gasteiger partial charge in [-0.15, -0.1) is 12.4 Å². The minimum Gasteiger partial charge on any atom is -0.488 e. The molecule has 96 valence electrons. The molecule has 0 aliphatic carbocycles. The van der Waals surface area contributed by atoms with Crippen molar-refractivity contribution in [1.29, 1.82) is 0 Å². The van der Waals surface area contributed by atoms with Gasteiger partial charge in [0, 0.05) is 0 Å². The topological polar surface area (TPSA) is 72.6 Å². The van der Waals surface area contributed by atoms with E-state index in [0.717, 1.165) is 0 Å². The summed E-state index contributed by atoms with van der Waals surface area (Å²) in [5.41, 5.74) is 5.74. The van der Waals surface area contributed by atoms with Crippen molar-refractivity contribution in [1.82, 2.24) is 0 Å². The molecule has 4 nitrogen and oxygen atoms in total. The molecule has 3 N–H and O–H groups in total. The fraction of sp³-hybridized carbons (Fsp3) is 0.300. The Hall–Kier alpha value is -1.40.